The van der Waals surface area contributed by atoms with Crippen LogP contribution in [0.4, 0.5) is 4.79 Å². The number of ether oxygens (including phenoxy) is 1. The van der Waals surface area contributed by atoms with Crippen molar-refractivity contribution in [3.8, 4) is 5.69 Å². The fraction of sp³-hybridized carbons (Fsp3) is 0.522. The topological polar surface area (TPSA) is 76.5 Å². The maximum atomic E-state index is 13.2. The average molecular weight is 447 g/mol. The lowest BCUT2D eigenvalue weighted by molar-refractivity contribution is 0.0500. The fourth-order valence-corrected chi connectivity index (χ4v) is 3.96. The molecule has 0 radical (unpaired) electrons. The summed E-state index contributed by atoms with van der Waals surface area (Å²) < 4.78 is 7.07. The van der Waals surface area contributed by atoms with Crippen LogP contribution in [0.25, 0.3) is 5.69 Å². The van der Waals surface area contributed by atoms with Crippen LogP contribution in [0.2, 0.25) is 5.02 Å². The molecule has 0 atom stereocenters. The lowest BCUT2D eigenvalue weighted by atomic mass is 9.96. The summed E-state index contributed by atoms with van der Waals surface area (Å²) in [5, 5.41) is 7.93. The van der Waals surface area contributed by atoms with Crippen LogP contribution in [0.3, 0.4) is 0 Å². The van der Waals surface area contributed by atoms with Gasteiger partial charge in [0.05, 0.1) is 23.1 Å². The molecule has 168 valence electrons. The SMILES string of the molecule is CCc1c(C(=O)N2CCC(CNC(=O)OC(C)(C)C)CC2)cnn1-c1cccc(Cl)c1. The largest absolute Gasteiger partial charge is 0.444 e. The van der Waals surface area contributed by atoms with Crippen molar-refractivity contribution in [2.45, 2.75) is 52.6 Å². The Hall–Kier alpha value is -2.54. The first-order valence-corrected chi connectivity index (χ1v) is 11.1. The zero-order chi connectivity index (χ0) is 22.6. The van der Waals surface area contributed by atoms with Gasteiger partial charge in [-0.3, -0.25) is 4.79 Å². The number of rotatable bonds is 5. The van der Waals surface area contributed by atoms with E-state index in [1.54, 1.807) is 10.9 Å². The minimum Gasteiger partial charge on any atom is -0.444 e. The van der Waals surface area contributed by atoms with Crippen molar-refractivity contribution in [1.82, 2.24) is 20.0 Å². The molecule has 1 fully saturated rings. The molecule has 8 heteroatoms. The smallest absolute Gasteiger partial charge is 0.407 e. The summed E-state index contributed by atoms with van der Waals surface area (Å²) >= 11 is 6.12. The van der Waals surface area contributed by atoms with Crippen molar-refractivity contribution >= 4 is 23.6 Å². The van der Waals surface area contributed by atoms with Gasteiger partial charge < -0.3 is 15.0 Å². The van der Waals surface area contributed by atoms with Gasteiger partial charge in [0.15, 0.2) is 0 Å². The van der Waals surface area contributed by atoms with Crippen molar-refractivity contribution in [1.29, 1.82) is 0 Å². The Morgan fingerprint density at radius 3 is 2.58 bits per heavy atom. The molecule has 3 rings (SSSR count). The molecule has 7 nitrogen and oxygen atoms in total. The van der Waals surface area contributed by atoms with Crippen molar-refractivity contribution in [2.75, 3.05) is 19.6 Å². The monoisotopic (exact) mass is 446 g/mol. The number of amides is 2. The molecule has 0 saturated carbocycles. The van der Waals surface area contributed by atoms with Crippen molar-refractivity contribution in [3.63, 3.8) is 0 Å². The van der Waals surface area contributed by atoms with E-state index in [0.717, 1.165) is 24.2 Å². The molecule has 1 aliphatic heterocycles. The van der Waals surface area contributed by atoms with E-state index >= 15 is 0 Å². The van der Waals surface area contributed by atoms with Gasteiger partial charge in [-0.15, -0.1) is 0 Å². The first-order chi connectivity index (χ1) is 14.7. The number of alkyl carbamates (subject to hydrolysis) is 1. The molecule has 1 aromatic heterocycles. The number of hydrogen-bond donors (Lipinski definition) is 1. The summed E-state index contributed by atoms with van der Waals surface area (Å²) in [6.45, 7) is 9.42. The van der Waals surface area contributed by atoms with Gasteiger partial charge in [-0.1, -0.05) is 24.6 Å². The molecule has 0 aliphatic carbocycles. The highest BCUT2D eigenvalue weighted by molar-refractivity contribution is 6.30. The van der Waals surface area contributed by atoms with Crippen LogP contribution in [0, 0.1) is 5.92 Å². The van der Waals surface area contributed by atoms with Crippen LogP contribution in [0.15, 0.2) is 30.5 Å². The van der Waals surface area contributed by atoms with Crippen LogP contribution in [0.1, 0.15) is 56.6 Å². The Labute approximate surface area is 188 Å². The van der Waals surface area contributed by atoms with E-state index in [4.69, 9.17) is 16.3 Å². The number of nitrogens with one attached hydrogen (secondary N) is 1. The van der Waals surface area contributed by atoms with E-state index in [1.165, 1.54) is 0 Å². The van der Waals surface area contributed by atoms with Crippen LogP contribution in [-0.4, -0.2) is 51.9 Å². The number of piperidine rings is 1. The summed E-state index contributed by atoms with van der Waals surface area (Å²) in [7, 11) is 0. The van der Waals surface area contributed by atoms with E-state index in [1.807, 2.05) is 56.9 Å². The van der Waals surface area contributed by atoms with E-state index in [-0.39, 0.29) is 5.91 Å². The van der Waals surface area contributed by atoms with Crippen molar-refractivity contribution < 1.29 is 14.3 Å². The van der Waals surface area contributed by atoms with Gasteiger partial charge in [0.1, 0.15) is 5.60 Å². The predicted octanol–water partition coefficient (Wildman–Crippen LogP) is 4.47. The zero-order valence-corrected chi connectivity index (χ0v) is 19.4. The van der Waals surface area contributed by atoms with Gasteiger partial charge in [0.2, 0.25) is 0 Å². The molecule has 0 bridgehead atoms. The van der Waals surface area contributed by atoms with E-state index in [9.17, 15) is 9.59 Å². The molecule has 1 N–H and O–H groups in total. The third-order valence-electron chi connectivity index (χ3n) is 5.32. The Morgan fingerprint density at radius 2 is 1.97 bits per heavy atom. The Morgan fingerprint density at radius 1 is 1.26 bits per heavy atom. The number of halogens is 1. The van der Waals surface area contributed by atoms with Crippen LogP contribution < -0.4 is 5.32 Å². The molecule has 1 aliphatic rings. The minimum absolute atomic E-state index is 0.00341. The Balaban J connectivity index is 1.59. The zero-order valence-electron chi connectivity index (χ0n) is 18.7. The second kappa shape index (κ2) is 9.73. The number of hydrogen-bond acceptors (Lipinski definition) is 4. The fourth-order valence-electron chi connectivity index (χ4n) is 3.78. The summed E-state index contributed by atoms with van der Waals surface area (Å²) in [5.74, 6) is 0.333. The van der Waals surface area contributed by atoms with Crippen LogP contribution >= 0.6 is 11.6 Å². The maximum absolute atomic E-state index is 13.2. The highest BCUT2D eigenvalue weighted by Gasteiger charge is 2.27. The minimum atomic E-state index is -0.508. The average Bonchev–Trinajstić information content (AvgIpc) is 3.15. The standard InChI is InChI=1S/C23H31ClN4O3/c1-5-20-19(15-26-28(20)18-8-6-7-17(24)13-18)21(29)27-11-9-16(10-12-27)14-25-22(30)31-23(2,3)4/h6-8,13,15-16H,5,9-12,14H2,1-4H3,(H,25,30). The number of likely N-dealkylation sites (tertiary alicyclic amines) is 1. The number of carbonyl (C=O) groups is 2. The second-order valence-corrected chi connectivity index (χ2v) is 9.30. The van der Waals surface area contributed by atoms with Crippen LogP contribution in [0.5, 0.6) is 0 Å². The maximum Gasteiger partial charge on any atom is 0.407 e. The molecule has 1 saturated heterocycles. The van der Waals surface area contributed by atoms with E-state index in [0.29, 0.717) is 42.6 Å². The highest BCUT2D eigenvalue weighted by atomic mass is 35.5. The second-order valence-electron chi connectivity index (χ2n) is 8.87. The number of aromatic nitrogens is 2. The summed E-state index contributed by atoms with van der Waals surface area (Å²) in [4.78, 5) is 26.9. The summed E-state index contributed by atoms with van der Waals surface area (Å²) in [5.41, 5.74) is 1.84. The van der Waals surface area contributed by atoms with E-state index < -0.39 is 11.7 Å². The molecule has 0 unspecified atom stereocenters. The lowest BCUT2D eigenvalue weighted by Crippen LogP contribution is -2.42. The Bertz CT molecular complexity index is 927. The van der Waals surface area contributed by atoms with Gasteiger partial charge in [0, 0.05) is 24.7 Å². The van der Waals surface area contributed by atoms with Crippen molar-refractivity contribution in [2.24, 2.45) is 5.92 Å². The molecular weight excluding hydrogens is 416 g/mol. The first-order valence-electron chi connectivity index (χ1n) is 10.8. The molecule has 1 aromatic carbocycles. The van der Waals surface area contributed by atoms with Gasteiger partial charge in [-0.2, -0.15) is 5.10 Å². The summed E-state index contributed by atoms with van der Waals surface area (Å²) in [6.07, 6.45) is 3.62. The van der Waals surface area contributed by atoms with Gasteiger partial charge in [-0.25, -0.2) is 9.48 Å². The van der Waals surface area contributed by atoms with Gasteiger partial charge in [0.25, 0.3) is 5.91 Å². The Kier molecular flexibility index (Phi) is 7.26. The first kappa shape index (κ1) is 23.1. The quantitative estimate of drug-likeness (QED) is 0.735. The molecule has 2 amide bonds. The van der Waals surface area contributed by atoms with Crippen LogP contribution in [-0.2, 0) is 11.2 Å². The molecule has 0 spiro atoms. The molecular formula is C23H31ClN4O3. The number of nitrogens with zero attached hydrogens (tertiary/aromatic N) is 3. The third kappa shape index (κ3) is 6.00. The molecule has 2 aromatic rings. The number of benzene rings is 1. The molecule has 31 heavy (non-hydrogen) atoms. The lowest BCUT2D eigenvalue weighted by Gasteiger charge is -2.32. The highest BCUT2D eigenvalue weighted by Crippen LogP contribution is 2.23. The van der Waals surface area contributed by atoms with E-state index in [2.05, 4.69) is 10.4 Å². The third-order valence-corrected chi connectivity index (χ3v) is 5.56. The summed E-state index contributed by atoms with van der Waals surface area (Å²) in [6, 6.07) is 7.45. The predicted molar refractivity (Wildman–Crippen MR) is 121 cm³/mol. The number of carbonyl (C=O) groups excluding carboxylic acids is 2. The normalized spacial score (nSPS) is 15.1. The molecule has 2 heterocycles. The van der Waals surface area contributed by atoms with Crippen molar-refractivity contribution in [3.05, 3.63) is 46.7 Å². The van der Waals surface area contributed by atoms with Gasteiger partial charge in [-0.05, 0) is 64.2 Å². The van der Waals surface area contributed by atoms with Gasteiger partial charge >= 0.3 is 6.09 Å².